The van der Waals surface area contributed by atoms with Crippen LogP contribution < -0.4 is 0 Å². The fraction of sp³-hybridized carbons (Fsp3) is 0.500. The van der Waals surface area contributed by atoms with Crippen LogP contribution in [0.3, 0.4) is 0 Å². The largest absolute Gasteiger partial charge is 0.0992 e. The first-order chi connectivity index (χ1) is 17.4. The van der Waals surface area contributed by atoms with Gasteiger partial charge in [0.2, 0.25) is 0 Å². The maximum absolute atomic E-state index is 4.37. The number of fused-ring (bicyclic) bond motifs is 1. The molecule has 4 aliphatic rings. The average Bonchev–Trinajstić information content (AvgIpc) is 3.47. The van der Waals surface area contributed by atoms with Crippen LogP contribution in [0.4, 0.5) is 0 Å². The molecular weight excluding hydrogens is 432 g/mol. The van der Waals surface area contributed by atoms with Gasteiger partial charge in [0, 0.05) is 5.92 Å². The Morgan fingerprint density at radius 2 is 1.67 bits per heavy atom. The van der Waals surface area contributed by atoms with Gasteiger partial charge in [0.05, 0.1) is 0 Å². The molecule has 3 saturated carbocycles. The molecular formula is C36H44. The summed E-state index contributed by atoms with van der Waals surface area (Å²) in [6, 6.07) is 11.9. The highest BCUT2D eigenvalue weighted by molar-refractivity contribution is 5.80. The van der Waals surface area contributed by atoms with Crippen LogP contribution in [-0.2, 0) is 12.8 Å². The molecule has 36 heavy (non-hydrogen) atoms. The van der Waals surface area contributed by atoms with Crippen molar-refractivity contribution >= 4 is 6.08 Å². The molecule has 3 fully saturated rings. The van der Waals surface area contributed by atoms with Crippen molar-refractivity contribution in [3.05, 3.63) is 88.0 Å². The molecule has 0 aromatic heterocycles. The highest BCUT2D eigenvalue weighted by Gasteiger charge is 2.38. The molecule has 0 amide bonds. The second-order valence-corrected chi connectivity index (χ2v) is 12.9. The fourth-order valence-corrected chi connectivity index (χ4v) is 8.07. The Balaban J connectivity index is 1.29. The molecule has 0 N–H and O–H groups in total. The number of hydrogen-bond donors (Lipinski definition) is 0. The van der Waals surface area contributed by atoms with E-state index < -0.39 is 0 Å². The second-order valence-electron chi connectivity index (χ2n) is 12.9. The van der Waals surface area contributed by atoms with Gasteiger partial charge in [-0.3, -0.25) is 0 Å². The van der Waals surface area contributed by atoms with Gasteiger partial charge in [0.15, 0.2) is 0 Å². The van der Waals surface area contributed by atoms with Gasteiger partial charge in [-0.05, 0) is 116 Å². The van der Waals surface area contributed by atoms with Gasteiger partial charge in [-0.25, -0.2) is 0 Å². The van der Waals surface area contributed by atoms with E-state index in [-0.39, 0.29) is 0 Å². The summed E-state index contributed by atoms with van der Waals surface area (Å²) < 4.78 is 0. The Morgan fingerprint density at radius 3 is 2.39 bits per heavy atom. The van der Waals surface area contributed by atoms with E-state index >= 15 is 0 Å². The molecule has 0 bridgehead atoms. The van der Waals surface area contributed by atoms with Crippen molar-refractivity contribution in [2.45, 2.75) is 85.0 Å². The van der Waals surface area contributed by atoms with Gasteiger partial charge in [0.25, 0.3) is 0 Å². The summed E-state index contributed by atoms with van der Waals surface area (Å²) in [4.78, 5) is 0. The zero-order valence-corrected chi connectivity index (χ0v) is 22.8. The molecule has 3 atom stereocenters. The standard InChI is InChI=1S/C36H44/c1-22-14-26(5)34(21-30-20-31(16-25(30)4)28-8-6-9-28)36(15-22)32-11-7-10-29-17-27(19-35(29)32)18-33-23(2)12-13-24(33)3/h7,10-11,14-15,17,25,28,30-31,33H,2-3,6,8-9,12-13,16,18-21H2,1,4-5H3/t25-,30-,31?/m0/s1. The molecule has 2 aromatic rings. The van der Waals surface area contributed by atoms with Gasteiger partial charge in [-0.2, -0.15) is 0 Å². The minimum absolute atomic E-state index is 0.484. The Morgan fingerprint density at radius 1 is 0.889 bits per heavy atom. The third kappa shape index (κ3) is 4.36. The van der Waals surface area contributed by atoms with Gasteiger partial charge < -0.3 is 0 Å². The predicted molar refractivity (Wildman–Crippen MR) is 155 cm³/mol. The Labute approximate surface area is 219 Å². The lowest BCUT2D eigenvalue weighted by Gasteiger charge is -2.31. The first-order valence-electron chi connectivity index (χ1n) is 14.6. The van der Waals surface area contributed by atoms with Gasteiger partial charge in [0.1, 0.15) is 0 Å². The zero-order chi connectivity index (χ0) is 25.0. The molecule has 188 valence electrons. The molecule has 0 heterocycles. The molecule has 0 saturated heterocycles. The molecule has 2 aromatic carbocycles. The van der Waals surface area contributed by atoms with Crippen molar-refractivity contribution in [1.82, 2.24) is 0 Å². The lowest BCUT2D eigenvalue weighted by molar-refractivity contribution is 0.203. The molecule has 4 aliphatic carbocycles. The van der Waals surface area contributed by atoms with Gasteiger partial charge in [-0.15, -0.1) is 0 Å². The maximum atomic E-state index is 4.37. The van der Waals surface area contributed by atoms with E-state index in [1.807, 2.05) is 0 Å². The quantitative estimate of drug-likeness (QED) is 0.364. The Bertz CT molecular complexity index is 1220. The van der Waals surface area contributed by atoms with Crippen molar-refractivity contribution in [3.63, 3.8) is 0 Å². The SMILES string of the molecule is C=C1CCC(=C)C1CC1=Cc2cccc(-c3cc(C)cc(C)c3C[C@@H]3CC(C4CCC4)C[C@@H]3C)c2C1. The lowest BCUT2D eigenvalue weighted by atomic mass is 9.74. The van der Waals surface area contributed by atoms with Crippen molar-refractivity contribution in [3.8, 4) is 11.1 Å². The summed E-state index contributed by atoms with van der Waals surface area (Å²) in [7, 11) is 0. The fourth-order valence-electron chi connectivity index (χ4n) is 8.07. The molecule has 0 spiro atoms. The summed E-state index contributed by atoms with van der Waals surface area (Å²) in [6.45, 7) is 15.9. The first-order valence-corrected chi connectivity index (χ1v) is 14.6. The van der Waals surface area contributed by atoms with E-state index in [4.69, 9.17) is 0 Å². The third-order valence-electron chi connectivity index (χ3n) is 10.5. The van der Waals surface area contributed by atoms with Crippen LogP contribution in [0.5, 0.6) is 0 Å². The van der Waals surface area contributed by atoms with Crippen molar-refractivity contribution in [1.29, 1.82) is 0 Å². The number of benzene rings is 2. The topological polar surface area (TPSA) is 0 Å². The van der Waals surface area contributed by atoms with Crippen LogP contribution in [0, 0.1) is 43.4 Å². The van der Waals surface area contributed by atoms with Crippen LogP contribution in [0.25, 0.3) is 17.2 Å². The third-order valence-corrected chi connectivity index (χ3v) is 10.5. The van der Waals surface area contributed by atoms with E-state index in [0.29, 0.717) is 5.92 Å². The van der Waals surface area contributed by atoms with Crippen LogP contribution in [-0.4, -0.2) is 0 Å². The molecule has 0 radical (unpaired) electrons. The van der Waals surface area contributed by atoms with E-state index in [1.54, 1.807) is 16.7 Å². The highest BCUT2D eigenvalue weighted by Crippen LogP contribution is 2.49. The molecule has 1 unspecified atom stereocenters. The monoisotopic (exact) mass is 476 g/mol. The van der Waals surface area contributed by atoms with Crippen molar-refractivity contribution < 1.29 is 0 Å². The number of hydrogen-bond acceptors (Lipinski definition) is 0. The Hall–Kier alpha value is -2.34. The van der Waals surface area contributed by atoms with E-state index in [2.05, 4.69) is 70.3 Å². The molecule has 0 nitrogen and oxygen atoms in total. The van der Waals surface area contributed by atoms with Crippen LogP contribution in [0.1, 0.15) is 86.1 Å². The summed E-state index contributed by atoms with van der Waals surface area (Å²) in [5.74, 6) is 4.19. The van der Waals surface area contributed by atoms with E-state index in [1.165, 1.54) is 77.5 Å². The van der Waals surface area contributed by atoms with Crippen LogP contribution >= 0.6 is 0 Å². The summed E-state index contributed by atoms with van der Waals surface area (Å²) in [5.41, 5.74) is 14.8. The number of aryl methyl sites for hydroxylation is 2. The van der Waals surface area contributed by atoms with Crippen molar-refractivity contribution in [2.24, 2.45) is 29.6 Å². The smallest absolute Gasteiger partial charge is 0.00392 e. The zero-order valence-electron chi connectivity index (χ0n) is 22.8. The first kappa shape index (κ1) is 24.0. The molecule has 0 heteroatoms. The predicted octanol–water partition coefficient (Wildman–Crippen LogP) is 9.83. The van der Waals surface area contributed by atoms with Crippen LogP contribution in [0.2, 0.25) is 0 Å². The van der Waals surface area contributed by atoms with E-state index in [9.17, 15) is 0 Å². The summed E-state index contributed by atoms with van der Waals surface area (Å²) >= 11 is 0. The van der Waals surface area contributed by atoms with Crippen LogP contribution in [0.15, 0.2) is 60.2 Å². The summed E-state index contributed by atoms with van der Waals surface area (Å²) in [6.07, 6.45) is 15.5. The lowest BCUT2D eigenvalue weighted by Crippen LogP contribution is -2.20. The van der Waals surface area contributed by atoms with E-state index in [0.717, 1.165) is 49.4 Å². The average molecular weight is 477 g/mol. The molecule has 0 aliphatic heterocycles. The second kappa shape index (κ2) is 9.51. The van der Waals surface area contributed by atoms with Gasteiger partial charge >= 0.3 is 0 Å². The normalized spacial score (nSPS) is 26.4. The van der Waals surface area contributed by atoms with Crippen molar-refractivity contribution in [2.75, 3.05) is 0 Å². The minimum Gasteiger partial charge on any atom is -0.0992 e. The minimum atomic E-state index is 0.484. The maximum Gasteiger partial charge on any atom is 0.00392 e. The number of allylic oxidation sites excluding steroid dienone is 3. The summed E-state index contributed by atoms with van der Waals surface area (Å²) in [5, 5.41) is 0. The Kier molecular flexibility index (Phi) is 6.35. The molecule has 6 rings (SSSR count). The number of rotatable bonds is 6. The van der Waals surface area contributed by atoms with Gasteiger partial charge in [-0.1, -0.05) is 98.0 Å². The highest BCUT2D eigenvalue weighted by atomic mass is 14.4.